The molecule has 0 aliphatic carbocycles. The highest BCUT2D eigenvalue weighted by molar-refractivity contribution is 6.32. The van der Waals surface area contributed by atoms with Gasteiger partial charge < -0.3 is 15.4 Å². The van der Waals surface area contributed by atoms with Crippen LogP contribution >= 0.6 is 11.6 Å². The van der Waals surface area contributed by atoms with Gasteiger partial charge in [0.2, 0.25) is 0 Å². The predicted octanol–water partition coefficient (Wildman–Crippen LogP) is 3.03. The van der Waals surface area contributed by atoms with Crippen molar-refractivity contribution in [3.8, 4) is 0 Å². The highest BCUT2D eigenvalue weighted by atomic mass is 35.5. The molecule has 0 spiro atoms. The molecule has 1 rings (SSSR count). The van der Waals surface area contributed by atoms with Crippen LogP contribution in [0.3, 0.4) is 0 Å². The molecule has 1 aromatic rings. The van der Waals surface area contributed by atoms with Gasteiger partial charge in [-0.2, -0.15) is 0 Å². The molecule has 1 heterocycles. The van der Waals surface area contributed by atoms with Crippen LogP contribution in [0.2, 0.25) is 5.15 Å². The lowest BCUT2D eigenvalue weighted by Gasteiger charge is -2.21. The fourth-order valence-corrected chi connectivity index (χ4v) is 2.10. The van der Waals surface area contributed by atoms with E-state index in [0.717, 1.165) is 31.1 Å². The molecule has 0 aromatic carbocycles. The molecule has 0 aliphatic rings. The lowest BCUT2D eigenvalue weighted by atomic mass is 10.0. The first-order chi connectivity index (χ1) is 9.10. The second-order valence-corrected chi connectivity index (χ2v) is 4.95. The van der Waals surface area contributed by atoms with Crippen molar-refractivity contribution in [1.29, 1.82) is 0 Å². The van der Waals surface area contributed by atoms with Crippen molar-refractivity contribution in [1.82, 2.24) is 9.97 Å². The molecule has 6 heteroatoms. The van der Waals surface area contributed by atoms with Crippen LogP contribution in [0.25, 0.3) is 0 Å². The van der Waals surface area contributed by atoms with Gasteiger partial charge in [-0.3, -0.25) is 0 Å². The molecule has 0 saturated carbocycles. The summed E-state index contributed by atoms with van der Waals surface area (Å²) in [6.45, 7) is 7.88. The maximum atomic E-state index is 5.99. The Bertz CT molecular complexity index is 387. The van der Waals surface area contributed by atoms with Gasteiger partial charge in [0.15, 0.2) is 11.0 Å². The van der Waals surface area contributed by atoms with E-state index >= 15 is 0 Å². The summed E-state index contributed by atoms with van der Waals surface area (Å²) in [7, 11) is 1.80. The topological polar surface area (TPSA) is 59.1 Å². The van der Waals surface area contributed by atoms with E-state index in [0.29, 0.717) is 11.1 Å². The van der Waals surface area contributed by atoms with Crippen molar-refractivity contribution < 1.29 is 4.74 Å². The number of halogens is 1. The SMILES string of the molecule is CCOC(CCNc1ncnc(Cl)c1NC)C(C)C. The lowest BCUT2D eigenvalue weighted by Crippen LogP contribution is -2.23. The molecule has 1 atom stereocenters. The van der Waals surface area contributed by atoms with E-state index in [2.05, 4.69) is 34.4 Å². The number of ether oxygens (including phenoxy) is 1. The fraction of sp³-hybridized carbons (Fsp3) is 0.692. The molecule has 5 nitrogen and oxygen atoms in total. The first-order valence-corrected chi connectivity index (χ1v) is 7.01. The maximum Gasteiger partial charge on any atom is 0.157 e. The van der Waals surface area contributed by atoms with Crippen molar-refractivity contribution in [3.63, 3.8) is 0 Å². The van der Waals surface area contributed by atoms with E-state index in [-0.39, 0.29) is 6.10 Å². The van der Waals surface area contributed by atoms with Gasteiger partial charge in [0, 0.05) is 20.2 Å². The molecule has 1 unspecified atom stereocenters. The summed E-state index contributed by atoms with van der Waals surface area (Å²) in [6, 6.07) is 0. The fourth-order valence-electron chi connectivity index (χ4n) is 1.88. The summed E-state index contributed by atoms with van der Waals surface area (Å²) in [5.74, 6) is 1.22. The van der Waals surface area contributed by atoms with Gasteiger partial charge >= 0.3 is 0 Å². The Morgan fingerprint density at radius 3 is 2.68 bits per heavy atom. The zero-order valence-electron chi connectivity index (χ0n) is 12.0. The largest absolute Gasteiger partial charge is 0.383 e. The van der Waals surface area contributed by atoms with E-state index in [1.807, 2.05) is 6.92 Å². The molecule has 0 amide bonds. The molecule has 1 aromatic heterocycles. The Morgan fingerprint density at radius 2 is 2.11 bits per heavy atom. The summed E-state index contributed by atoms with van der Waals surface area (Å²) in [4.78, 5) is 8.13. The Morgan fingerprint density at radius 1 is 1.37 bits per heavy atom. The molecule has 0 radical (unpaired) electrons. The first kappa shape index (κ1) is 16.0. The third-order valence-corrected chi connectivity index (χ3v) is 3.18. The number of rotatable bonds is 8. The van der Waals surface area contributed by atoms with Gasteiger partial charge in [0.1, 0.15) is 12.0 Å². The Hall–Kier alpha value is -1.07. The third-order valence-electron chi connectivity index (χ3n) is 2.90. The van der Waals surface area contributed by atoms with Crippen molar-refractivity contribution in [2.75, 3.05) is 30.8 Å². The highest BCUT2D eigenvalue weighted by Gasteiger charge is 2.14. The quantitative estimate of drug-likeness (QED) is 0.719. The molecular weight excluding hydrogens is 264 g/mol. The molecule has 0 aliphatic heterocycles. The summed E-state index contributed by atoms with van der Waals surface area (Å²) >= 11 is 5.99. The maximum absolute atomic E-state index is 5.99. The van der Waals surface area contributed by atoms with E-state index < -0.39 is 0 Å². The summed E-state index contributed by atoms with van der Waals surface area (Å²) in [5, 5.41) is 6.69. The standard InChI is InChI=1S/C13H23ClN4O/c1-5-19-10(9(2)3)6-7-16-13-11(15-4)12(14)17-8-18-13/h8-10,15H,5-7H2,1-4H3,(H,16,17,18). The van der Waals surface area contributed by atoms with Crippen LogP contribution in [0, 0.1) is 5.92 Å². The minimum absolute atomic E-state index is 0.257. The predicted molar refractivity (Wildman–Crippen MR) is 79.9 cm³/mol. The normalized spacial score (nSPS) is 12.5. The lowest BCUT2D eigenvalue weighted by molar-refractivity contribution is 0.0272. The number of anilines is 2. The van der Waals surface area contributed by atoms with Gasteiger partial charge in [0.05, 0.1) is 6.10 Å². The van der Waals surface area contributed by atoms with E-state index in [4.69, 9.17) is 16.3 Å². The molecule has 2 N–H and O–H groups in total. The third kappa shape index (κ3) is 4.84. The van der Waals surface area contributed by atoms with Crippen LogP contribution in [-0.4, -0.2) is 36.3 Å². The zero-order valence-corrected chi connectivity index (χ0v) is 12.8. The van der Waals surface area contributed by atoms with Gasteiger partial charge in [-0.05, 0) is 19.3 Å². The second kappa shape index (κ2) is 8.17. The van der Waals surface area contributed by atoms with Crippen LogP contribution in [0.5, 0.6) is 0 Å². The molecule has 19 heavy (non-hydrogen) atoms. The highest BCUT2D eigenvalue weighted by Crippen LogP contribution is 2.25. The number of nitrogens with zero attached hydrogens (tertiary/aromatic N) is 2. The molecule has 0 bridgehead atoms. The van der Waals surface area contributed by atoms with Gasteiger partial charge in [0.25, 0.3) is 0 Å². The number of aromatic nitrogens is 2. The van der Waals surface area contributed by atoms with Crippen LogP contribution in [-0.2, 0) is 4.74 Å². The van der Waals surface area contributed by atoms with Crippen molar-refractivity contribution in [3.05, 3.63) is 11.5 Å². The summed E-state index contributed by atoms with van der Waals surface area (Å²) in [6.07, 6.45) is 2.64. The van der Waals surface area contributed by atoms with E-state index in [1.165, 1.54) is 6.33 Å². The van der Waals surface area contributed by atoms with Crippen LogP contribution in [0.4, 0.5) is 11.5 Å². The zero-order chi connectivity index (χ0) is 14.3. The van der Waals surface area contributed by atoms with Crippen LogP contribution in [0.15, 0.2) is 6.33 Å². The van der Waals surface area contributed by atoms with Crippen molar-refractivity contribution in [2.45, 2.75) is 33.3 Å². The average Bonchev–Trinajstić information content (AvgIpc) is 2.37. The molecule has 0 fully saturated rings. The number of nitrogens with one attached hydrogen (secondary N) is 2. The second-order valence-electron chi connectivity index (χ2n) is 4.59. The monoisotopic (exact) mass is 286 g/mol. The molecular formula is C13H23ClN4O. The number of hydrogen-bond donors (Lipinski definition) is 2. The summed E-state index contributed by atoms with van der Waals surface area (Å²) in [5.41, 5.74) is 0.724. The van der Waals surface area contributed by atoms with E-state index in [9.17, 15) is 0 Å². The van der Waals surface area contributed by atoms with Gasteiger partial charge in [-0.1, -0.05) is 25.4 Å². The number of hydrogen-bond acceptors (Lipinski definition) is 5. The Labute approximate surface area is 120 Å². The molecule has 108 valence electrons. The van der Waals surface area contributed by atoms with Gasteiger partial charge in [-0.25, -0.2) is 9.97 Å². The van der Waals surface area contributed by atoms with Crippen LogP contribution < -0.4 is 10.6 Å². The van der Waals surface area contributed by atoms with Gasteiger partial charge in [-0.15, -0.1) is 0 Å². The molecule has 0 saturated heterocycles. The Balaban J connectivity index is 2.55. The smallest absolute Gasteiger partial charge is 0.157 e. The first-order valence-electron chi connectivity index (χ1n) is 6.63. The summed E-state index contributed by atoms with van der Waals surface area (Å²) < 4.78 is 5.71. The Kier molecular flexibility index (Phi) is 6.87. The minimum Gasteiger partial charge on any atom is -0.383 e. The average molecular weight is 287 g/mol. The van der Waals surface area contributed by atoms with Crippen molar-refractivity contribution in [2.24, 2.45) is 5.92 Å². The van der Waals surface area contributed by atoms with Crippen LogP contribution in [0.1, 0.15) is 27.2 Å². The minimum atomic E-state index is 0.257. The van der Waals surface area contributed by atoms with E-state index in [1.54, 1.807) is 7.05 Å². The van der Waals surface area contributed by atoms with Crippen molar-refractivity contribution >= 4 is 23.1 Å².